The lowest BCUT2D eigenvalue weighted by molar-refractivity contribution is -0.519. The summed E-state index contributed by atoms with van der Waals surface area (Å²) in [7, 11) is 0. The second-order valence-corrected chi connectivity index (χ2v) is 28.2. The summed E-state index contributed by atoms with van der Waals surface area (Å²) in [6, 6.07) is 68.2. The van der Waals surface area contributed by atoms with Gasteiger partial charge in [-0.15, -0.1) is 0 Å². The maximum atomic E-state index is 3.56. The van der Waals surface area contributed by atoms with Crippen molar-refractivity contribution in [2.45, 2.75) is 136 Å². The van der Waals surface area contributed by atoms with Gasteiger partial charge in [-0.25, -0.2) is 13.7 Å². The SMILES string of the molecule is C.C.CCNc1ccc(C(c2ccc(N(CC)CC)cc2)C2C=CC(=[N+](CC)CC)C=C2)c2ccccc12.CCNc1ccc(C(c2ccc(N(CC)CC)cc2)C2C=CC(=[N+](CC)CC)C=C2)c2ccccc12.CCNc1ccc(C(c2ccc(N(CC)CC)cc2)C2C=CC(=[N+](CC)CC)C=C2)c2ccccc12. The first-order chi connectivity index (χ1) is 52.9. The number of anilines is 6. The van der Waals surface area contributed by atoms with E-state index in [0.29, 0.717) is 0 Å². The third-order valence-electron chi connectivity index (χ3n) is 22.6. The van der Waals surface area contributed by atoms with E-state index in [4.69, 9.17) is 0 Å². The molecule has 3 unspecified atom stereocenters. The Kier molecular flexibility index (Phi) is 33.3. The Morgan fingerprint density at radius 1 is 0.264 bits per heavy atom. The van der Waals surface area contributed by atoms with Crippen LogP contribution in [0.1, 0.15) is 170 Å². The lowest BCUT2D eigenvalue weighted by Crippen LogP contribution is -2.22. The number of nitrogens with one attached hydrogen (secondary N) is 3. The number of rotatable bonds is 30. The molecule has 3 N–H and O–H groups in total. The van der Waals surface area contributed by atoms with Crippen molar-refractivity contribution in [1.82, 2.24) is 0 Å². The predicted octanol–water partition coefficient (Wildman–Crippen LogP) is 23.7. The highest BCUT2D eigenvalue weighted by Gasteiger charge is 2.31. The van der Waals surface area contributed by atoms with Crippen molar-refractivity contribution in [3.05, 3.63) is 288 Å². The molecule has 0 bridgehead atoms. The second-order valence-electron chi connectivity index (χ2n) is 28.2. The first kappa shape index (κ1) is 85.6. The van der Waals surface area contributed by atoms with Gasteiger partial charge < -0.3 is 30.7 Å². The normalized spacial score (nSPS) is 15.5. The van der Waals surface area contributed by atoms with E-state index in [1.807, 2.05) is 0 Å². The lowest BCUT2D eigenvalue weighted by Gasteiger charge is -2.28. The van der Waals surface area contributed by atoms with Crippen LogP contribution < -0.4 is 30.7 Å². The summed E-state index contributed by atoms with van der Waals surface area (Å²) in [5.41, 5.74) is 19.6. The molecule has 0 fully saturated rings. The molecule has 3 aliphatic carbocycles. The standard InChI is InChI=1S/3C33H42N3.2CH4/c3*1-6-34-32-24-23-31(29-13-11-12-14-30(29)32)33(25-15-19-27(20-16-25)35(7-2)8-3)26-17-21-28(22-18-26)36(9-4)10-5;;/h3*11-25,33-34H,6-10H2,1-5H3;2*1H4/q3*+1;;. The van der Waals surface area contributed by atoms with Gasteiger partial charge in [0, 0.05) is 181 Å². The molecule has 9 aromatic rings. The average molecular weight is 1470 g/mol. The van der Waals surface area contributed by atoms with Gasteiger partial charge in [0.15, 0.2) is 17.1 Å². The zero-order valence-corrected chi connectivity index (χ0v) is 68.0. The van der Waals surface area contributed by atoms with Gasteiger partial charge in [0.2, 0.25) is 0 Å². The van der Waals surface area contributed by atoms with E-state index < -0.39 is 0 Å². The fourth-order valence-corrected chi connectivity index (χ4v) is 16.8. The highest BCUT2D eigenvalue weighted by Crippen LogP contribution is 2.45. The molecular formula is C101H134N9+3. The molecule has 580 valence electrons. The molecule has 9 heteroatoms. The fourth-order valence-electron chi connectivity index (χ4n) is 16.8. The third kappa shape index (κ3) is 20.0. The largest absolute Gasteiger partial charge is 0.385 e. The van der Waals surface area contributed by atoms with Gasteiger partial charge in [-0.05, 0) is 208 Å². The maximum absolute atomic E-state index is 3.56. The minimum Gasteiger partial charge on any atom is -0.385 e. The van der Waals surface area contributed by atoms with Crippen molar-refractivity contribution in [2.75, 3.05) is 129 Å². The summed E-state index contributed by atoms with van der Waals surface area (Å²) in [6.45, 7) is 48.2. The van der Waals surface area contributed by atoms with Crippen LogP contribution in [0, 0.1) is 17.8 Å². The monoisotopic (exact) mass is 1470 g/mol. The van der Waals surface area contributed by atoms with E-state index in [1.165, 1.54) is 117 Å². The molecule has 0 aromatic heterocycles. The quantitative estimate of drug-likeness (QED) is 0.0390. The van der Waals surface area contributed by atoms with E-state index in [9.17, 15) is 0 Å². The first-order valence-electron chi connectivity index (χ1n) is 41.2. The Morgan fingerprint density at radius 3 is 0.664 bits per heavy atom. The zero-order chi connectivity index (χ0) is 76.5. The minimum atomic E-state index is 0. The Morgan fingerprint density at radius 2 is 0.473 bits per heavy atom. The Balaban J connectivity index is 0.000000206. The summed E-state index contributed by atoms with van der Waals surface area (Å²) in [5, 5.41) is 18.5. The Labute approximate surface area is 664 Å². The molecule has 0 radical (unpaired) electrons. The van der Waals surface area contributed by atoms with E-state index in [1.54, 1.807) is 0 Å². The van der Waals surface area contributed by atoms with E-state index in [0.717, 1.165) is 98.2 Å². The predicted molar refractivity (Wildman–Crippen MR) is 488 cm³/mol. The van der Waals surface area contributed by atoms with E-state index in [-0.39, 0.29) is 50.4 Å². The lowest BCUT2D eigenvalue weighted by atomic mass is 9.77. The van der Waals surface area contributed by atoms with Gasteiger partial charge in [-0.1, -0.05) is 179 Å². The first-order valence-corrected chi connectivity index (χ1v) is 41.2. The van der Waals surface area contributed by atoms with Crippen molar-refractivity contribution < 1.29 is 13.7 Å². The number of hydrogen-bond acceptors (Lipinski definition) is 6. The number of fused-ring (bicyclic) bond motifs is 3. The summed E-state index contributed by atoms with van der Waals surface area (Å²) >= 11 is 0. The van der Waals surface area contributed by atoms with Crippen molar-refractivity contribution in [1.29, 1.82) is 0 Å². The molecule has 0 spiro atoms. The summed E-state index contributed by atoms with van der Waals surface area (Å²) in [5.74, 6) is 1.58. The second kappa shape index (κ2) is 42.8. The molecule has 110 heavy (non-hydrogen) atoms. The fraction of sp³-hybridized carbons (Fsp3) is 0.376. The summed E-state index contributed by atoms with van der Waals surface area (Å²) in [6.07, 6.45) is 28.4. The van der Waals surface area contributed by atoms with E-state index in [2.05, 4.69) is 403 Å². The average Bonchev–Trinajstić information content (AvgIpc) is 0.779. The molecule has 0 heterocycles. The molecular weight excluding hydrogens is 1340 g/mol. The van der Waals surface area contributed by atoms with Crippen molar-refractivity contribution in [3.8, 4) is 0 Å². The van der Waals surface area contributed by atoms with Crippen molar-refractivity contribution in [3.63, 3.8) is 0 Å². The number of benzene rings is 9. The van der Waals surface area contributed by atoms with Crippen molar-refractivity contribution in [2.24, 2.45) is 17.8 Å². The van der Waals surface area contributed by atoms with Crippen LogP contribution in [-0.2, 0) is 0 Å². The van der Waals surface area contributed by atoms with Crippen LogP contribution in [0.4, 0.5) is 34.1 Å². The van der Waals surface area contributed by atoms with Crippen LogP contribution in [0.15, 0.2) is 255 Å². The van der Waals surface area contributed by atoms with Crippen molar-refractivity contribution >= 4 is 83.6 Å². The highest BCUT2D eigenvalue weighted by molar-refractivity contribution is 6.04. The van der Waals surface area contributed by atoms with Crippen LogP contribution in [0.3, 0.4) is 0 Å². The highest BCUT2D eigenvalue weighted by atomic mass is 15.1. The summed E-state index contributed by atoms with van der Waals surface area (Å²) < 4.78 is 7.24. The molecule has 0 saturated carbocycles. The van der Waals surface area contributed by atoms with Gasteiger partial charge >= 0.3 is 0 Å². The van der Waals surface area contributed by atoms with Crippen LogP contribution in [-0.4, -0.2) is 129 Å². The van der Waals surface area contributed by atoms with Crippen LogP contribution in [0.2, 0.25) is 0 Å². The van der Waals surface area contributed by atoms with Gasteiger partial charge in [-0.3, -0.25) is 0 Å². The molecule has 9 aromatic carbocycles. The maximum Gasteiger partial charge on any atom is 0.199 e. The van der Waals surface area contributed by atoms with Crippen LogP contribution in [0.25, 0.3) is 32.3 Å². The smallest absolute Gasteiger partial charge is 0.199 e. The topological polar surface area (TPSA) is 54.8 Å². The van der Waals surface area contributed by atoms with Crippen LogP contribution >= 0.6 is 0 Å². The number of nitrogens with zero attached hydrogens (tertiary/aromatic N) is 6. The molecule has 0 saturated heterocycles. The van der Waals surface area contributed by atoms with Crippen LogP contribution in [0.5, 0.6) is 0 Å². The van der Waals surface area contributed by atoms with Gasteiger partial charge in [0.25, 0.3) is 0 Å². The van der Waals surface area contributed by atoms with Gasteiger partial charge in [0.05, 0.1) is 0 Å². The third-order valence-corrected chi connectivity index (χ3v) is 22.6. The summed E-state index contributed by atoms with van der Waals surface area (Å²) in [4.78, 5) is 7.22. The molecule has 12 rings (SSSR count). The molecule has 3 atom stereocenters. The molecule has 0 amide bonds. The number of allylic oxidation sites excluding steroid dienone is 12. The van der Waals surface area contributed by atoms with E-state index >= 15 is 0 Å². The Hall–Kier alpha value is -9.99. The molecule has 9 nitrogen and oxygen atoms in total. The zero-order valence-electron chi connectivity index (χ0n) is 68.0. The minimum absolute atomic E-state index is 0. The van der Waals surface area contributed by atoms with Gasteiger partial charge in [0.1, 0.15) is 39.3 Å². The Bertz CT molecular complexity index is 4140. The van der Waals surface area contributed by atoms with Gasteiger partial charge in [-0.2, -0.15) is 0 Å². The number of hydrogen-bond donors (Lipinski definition) is 3. The molecule has 0 aliphatic heterocycles. The molecule has 3 aliphatic rings.